The molecule has 1 aliphatic rings. The van der Waals surface area contributed by atoms with E-state index in [-0.39, 0.29) is 17.5 Å². The van der Waals surface area contributed by atoms with E-state index in [1.54, 1.807) is 24.3 Å². The molecule has 0 bridgehead atoms. The van der Waals surface area contributed by atoms with Gasteiger partial charge in [-0.2, -0.15) is 0 Å². The van der Waals surface area contributed by atoms with Crippen molar-refractivity contribution in [2.75, 3.05) is 23.3 Å². The van der Waals surface area contributed by atoms with E-state index in [9.17, 15) is 9.59 Å². The van der Waals surface area contributed by atoms with Crippen molar-refractivity contribution in [3.63, 3.8) is 0 Å². The smallest absolute Gasteiger partial charge is 0.335 e. The Morgan fingerprint density at radius 1 is 1.10 bits per heavy atom. The zero-order chi connectivity index (χ0) is 20.6. The van der Waals surface area contributed by atoms with Gasteiger partial charge in [-0.05, 0) is 55.2 Å². The summed E-state index contributed by atoms with van der Waals surface area (Å²) in [4.78, 5) is 26.1. The largest absolute Gasteiger partial charge is 0.478 e. The number of nitrogens with one attached hydrogen (secondary N) is 2. The van der Waals surface area contributed by atoms with Crippen LogP contribution in [0.5, 0.6) is 0 Å². The molecule has 1 fully saturated rings. The highest BCUT2D eigenvalue weighted by atomic mass is 16.4. The van der Waals surface area contributed by atoms with Gasteiger partial charge in [-0.3, -0.25) is 4.79 Å². The molecule has 29 heavy (non-hydrogen) atoms. The molecular formula is C23H29N3O3. The van der Waals surface area contributed by atoms with Crippen LogP contribution in [0, 0.1) is 0 Å². The summed E-state index contributed by atoms with van der Waals surface area (Å²) < 4.78 is 0. The number of nitrogens with zero attached hydrogens (tertiary/aromatic N) is 1. The lowest BCUT2D eigenvalue weighted by atomic mass is 10.1. The molecule has 1 heterocycles. The Balaban J connectivity index is 1.60. The number of hydrogen-bond acceptors (Lipinski definition) is 4. The number of hydrogen-bond donors (Lipinski definition) is 3. The monoisotopic (exact) mass is 395 g/mol. The number of aromatic carboxylic acids is 1. The van der Waals surface area contributed by atoms with Crippen molar-refractivity contribution in [1.29, 1.82) is 0 Å². The Kier molecular flexibility index (Phi) is 7.25. The van der Waals surface area contributed by atoms with Crippen LogP contribution in [-0.2, 0) is 11.3 Å². The van der Waals surface area contributed by atoms with Crippen molar-refractivity contribution in [1.82, 2.24) is 5.32 Å². The summed E-state index contributed by atoms with van der Waals surface area (Å²) >= 11 is 0. The zero-order valence-electron chi connectivity index (χ0n) is 16.9. The molecule has 2 aromatic carbocycles. The molecule has 0 saturated carbocycles. The van der Waals surface area contributed by atoms with Gasteiger partial charge < -0.3 is 20.6 Å². The van der Waals surface area contributed by atoms with Crippen LogP contribution < -0.4 is 15.5 Å². The average molecular weight is 396 g/mol. The molecule has 1 saturated heterocycles. The van der Waals surface area contributed by atoms with Crippen LogP contribution in [0.3, 0.4) is 0 Å². The number of amides is 1. The van der Waals surface area contributed by atoms with E-state index >= 15 is 0 Å². The summed E-state index contributed by atoms with van der Waals surface area (Å²) in [7, 11) is 0. The van der Waals surface area contributed by atoms with Crippen molar-refractivity contribution < 1.29 is 14.7 Å². The van der Waals surface area contributed by atoms with Crippen LogP contribution in [0.2, 0.25) is 0 Å². The molecule has 6 nitrogen and oxygen atoms in total. The molecule has 1 aliphatic heterocycles. The lowest BCUT2D eigenvalue weighted by Gasteiger charge is -2.20. The van der Waals surface area contributed by atoms with Gasteiger partial charge in [0.1, 0.15) is 0 Å². The molecule has 3 N–H and O–H groups in total. The zero-order valence-corrected chi connectivity index (χ0v) is 16.9. The quantitative estimate of drug-likeness (QED) is 0.600. The molecule has 2 aromatic rings. The second kappa shape index (κ2) is 10.1. The summed E-state index contributed by atoms with van der Waals surface area (Å²) in [5.41, 5.74) is 3.17. The van der Waals surface area contributed by atoms with Gasteiger partial charge in [0.05, 0.1) is 11.6 Å². The number of carbonyl (C=O) groups excluding carboxylic acids is 1. The fourth-order valence-corrected chi connectivity index (χ4v) is 3.61. The molecule has 1 amide bonds. The van der Waals surface area contributed by atoms with E-state index in [1.807, 2.05) is 18.2 Å². The molecule has 6 heteroatoms. The number of benzene rings is 2. The third-order valence-electron chi connectivity index (χ3n) is 5.23. The average Bonchev–Trinajstić information content (AvgIpc) is 3.26. The molecule has 1 atom stereocenters. The number of carboxylic acid groups (broad SMARTS) is 1. The Labute approximate surface area is 171 Å². The van der Waals surface area contributed by atoms with E-state index in [0.717, 1.165) is 42.9 Å². The molecule has 0 aliphatic carbocycles. The number of rotatable bonds is 9. The lowest BCUT2D eigenvalue weighted by molar-refractivity contribution is -0.118. The Bertz CT molecular complexity index is 830. The van der Waals surface area contributed by atoms with Crippen LogP contribution in [0.15, 0.2) is 48.5 Å². The van der Waals surface area contributed by atoms with Gasteiger partial charge in [0.15, 0.2) is 0 Å². The number of carboxylic acids is 1. The first-order valence-electron chi connectivity index (χ1n) is 10.3. The van der Waals surface area contributed by atoms with Gasteiger partial charge in [-0.1, -0.05) is 31.5 Å². The van der Waals surface area contributed by atoms with Crippen molar-refractivity contribution in [3.8, 4) is 0 Å². The normalized spacial score (nSPS) is 14.6. The Hall–Kier alpha value is -2.86. The van der Waals surface area contributed by atoms with E-state index < -0.39 is 5.97 Å². The van der Waals surface area contributed by atoms with Gasteiger partial charge in [0.25, 0.3) is 0 Å². The maximum absolute atomic E-state index is 12.8. The number of carbonyl (C=O) groups is 2. The van der Waals surface area contributed by atoms with Crippen LogP contribution in [-0.4, -0.2) is 36.1 Å². The van der Waals surface area contributed by atoms with E-state index in [1.165, 1.54) is 12.8 Å². The SMILES string of the molecule is CCCC(NCc1ccc(C(=O)O)cc1)C(=O)Nc1cccc(N2CCCC2)c1. The first kappa shape index (κ1) is 20.9. The predicted molar refractivity (Wildman–Crippen MR) is 115 cm³/mol. The minimum Gasteiger partial charge on any atom is -0.478 e. The van der Waals surface area contributed by atoms with Crippen LogP contribution in [0.4, 0.5) is 11.4 Å². The Morgan fingerprint density at radius 2 is 1.83 bits per heavy atom. The van der Waals surface area contributed by atoms with E-state index in [4.69, 9.17) is 5.11 Å². The van der Waals surface area contributed by atoms with E-state index in [0.29, 0.717) is 6.54 Å². The van der Waals surface area contributed by atoms with Crippen molar-refractivity contribution in [2.24, 2.45) is 0 Å². The number of anilines is 2. The van der Waals surface area contributed by atoms with Gasteiger partial charge in [-0.15, -0.1) is 0 Å². The molecule has 154 valence electrons. The minimum atomic E-state index is -0.941. The molecule has 0 radical (unpaired) electrons. The van der Waals surface area contributed by atoms with E-state index in [2.05, 4.69) is 28.5 Å². The van der Waals surface area contributed by atoms with Gasteiger partial charge >= 0.3 is 5.97 Å². The van der Waals surface area contributed by atoms with Gasteiger partial charge in [0, 0.05) is 31.0 Å². The standard InChI is InChI=1S/C23H29N3O3/c1-2-6-21(24-16-17-9-11-18(12-10-17)23(28)29)22(27)25-19-7-5-8-20(15-19)26-13-3-4-14-26/h5,7-12,15,21,24H,2-4,6,13-14,16H2,1H3,(H,25,27)(H,28,29). The second-order valence-electron chi connectivity index (χ2n) is 7.46. The van der Waals surface area contributed by atoms with Crippen molar-refractivity contribution in [3.05, 3.63) is 59.7 Å². The summed E-state index contributed by atoms with van der Waals surface area (Å²) in [5.74, 6) is -0.989. The predicted octanol–water partition coefficient (Wildman–Crippen LogP) is 3.88. The highest BCUT2D eigenvalue weighted by Gasteiger charge is 2.18. The molecule has 0 spiro atoms. The first-order valence-corrected chi connectivity index (χ1v) is 10.3. The van der Waals surface area contributed by atoms with Crippen LogP contribution >= 0.6 is 0 Å². The summed E-state index contributed by atoms with van der Waals surface area (Å²) in [6.45, 7) is 4.69. The van der Waals surface area contributed by atoms with Gasteiger partial charge in [0.2, 0.25) is 5.91 Å². The fraction of sp³-hybridized carbons (Fsp3) is 0.391. The molecule has 3 rings (SSSR count). The summed E-state index contributed by atoms with van der Waals surface area (Å²) in [5, 5.41) is 15.3. The third kappa shape index (κ3) is 5.81. The van der Waals surface area contributed by atoms with Crippen LogP contribution in [0.25, 0.3) is 0 Å². The van der Waals surface area contributed by atoms with Crippen molar-refractivity contribution >= 4 is 23.3 Å². The highest BCUT2D eigenvalue weighted by Crippen LogP contribution is 2.23. The minimum absolute atomic E-state index is 0.0485. The molecular weight excluding hydrogens is 366 g/mol. The maximum atomic E-state index is 12.8. The highest BCUT2D eigenvalue weighted by molar-refractivity contribution is 5.95. The first-order chi connectivity index (χ1) is 14.1. The maximum Gasteiger partial charge on any atom is 0.335 e. The molecule has 1 unspecified atom stereocenters. The lowest BCUT2D eigenvalue weighted by Crippen LogP contribution is -2.40. The third-order valence-corrected chi connectivity index (χ3v) is 5.23. The summed E-state index contributed by atoms with van der Waals surface area (Å²) in [6, 6.07) is 14.4. The second-order valence-corrected chi connectivity index (χ2v) is 7.46. The van der Waals surface area contributed by atoms with Crippen molar-refractivity contribution in [2.45, 2.75) is 45.2 Å². The molecule has 0 aromatic heterocycles. The van der Waals surface area contributed by atoms with Crippen LogP contribution in [0.1, 0.15) is 48.5 Å². The summed E-state index contributed by atoms with van der Waals surface area (Å²) in [6.07, 6.45) is 4.04. The topological polar surface area (TPSA) is 81.7 Å². The van der Waals surface area contributed by atoms with Gasteiger partial charge in [-0.25, -0.2) is 4.79 Å². The fourth-order valence-electron chi connectivity index (χ4n) is 3.61. The Morgan fingerprint density at radius 3 is 2.48 bits per heavy atom.